The van der Waals surface area contributed by atoms with Gasteiger partial charge in [-0.15, -0.1) is 0 Å². The number of furan rings is 2. The smallest absolute Gasteiger partial charge is 0.227 e. The molecule has 1 aromatic carbocycles. The molecule has 0 bridgehead atoms. The molecule has 0 unspecified atom stereocenters. The first kappa shape index (κ1) is 15.4. The van der Waals surface area contributed by atoms with Crippen molar-refractivity contribution in [2.45, 2.75) is 33.7 Å². The summed E-state index contributed by atoms with van der Waals surface area (Å²) < 4.78 is 11.1. The van der Waals surface area contributed by atoms with Crippen LogP contribution in [0.5, 0.6) is 0 Å². The van der Waals surface area contributed by atoms with Gasteiger partial charge in [0.2, 0.25) is 5.91 Å². The van der Waals surface area contributed by atoms with E-state index in [1.807, 2.05) is 25.1 Å². The molecule has 1 amide bonds. The van der Waals surface area contributed by atoms with Crippen LogP contribution in [0.1, 0.15) is 28.2 Å². The fraction of sp³-hybridized carbons (Fsp3) is 0.316. The van der Waals surface area contributed by atoms with E-state index in [1.54, 1.807) is 18.2 Å². The minimum Gasteiger partial charge on any atom is -0.464 e. The van der Waals surface area contributed by atoms with Crippen LogP contribution in [0.2, 0.25) is 0 Å². The van der Waals surface area contributed by atoms with Crippen molar-refractivity contribution in [1.82, 2.24) is 4.90 Å². The van der Waals surface area contributed by atoms with Crippen LogP contribution in [0.4, 0.5) is 0 Å². The fourth-order valence-corrected chi connectivity index (χ4v) is 2.66. The maximum absolute atomic E-state index is 12.5. The maximum Gasteiger partial charge on any atom is 0.227 e. The summed E-state index contributed by atoms with van der Waals surface area (Å²) in [5.74, 6) is 1.69. The van der Waals surface area contributed by atoms with Crippen molar-refractivity contribution in [2.75, 3.05) is 7.05 Å². The normalized spacial score (nSPS) is 11.1. The zero-order valence-corrected chi connectivity index (χ0v) is 14.0. The predicted molar refractivity (Wildman–Crippen MR) is 89.3 cm³/mol. The third-order valence-electron chi connectivity index (χ3n) is 4.23. The van der Waals surface area contributed by atoms with E-state index in [-0.39, 0.29) is 5.91 Å². The summed E-state index contributed by atoms with van der Waals surface area (Å²) in [5, 5.41) is 1.02. The summed E-state index contributed by atoms with van der Waals surface area (Å²) in [6, 6.07) is 7.92. The van der Waals surface area contributed by atoms with Gasteiger partial charge in [0, 0.05) is 18.0 Å². The number of likely N-dealkylation sites (N-methyl/N-ethyl adjacent to an activating group) is 1. The number of hydrogen-bond donors (Lipinski definition) is 0. The van der Waals surface area contributed by atoms with E-state index in [9.17, 15) is 4.79 Å². The molecule has 0 radical (unpaired) electrons. The molecule has 0 atom stereocenters. The van der Waals surface area contributed by atoms with Gasteiger partial charge in [0.25, 0.3) is 0 Å². The van der Waals surface area contributed by atoms with Crippen LogP contribution in [0, 0.1) is 20.8 Å². The van der Waals surface area contributed by atoms with E-state index in [1.165, 1.54) is 11.1 Å². The van der Waals surface area contributed by atoms with E-state index in [0.717, 1.165) is 28.1 Å². The number of benzene rings is 1. The number of aryl methyl sites for hydroxylation is 3. The van der Waals surface area contributed by atoms with Crippen LogP contribution in [0.3, 0.4) is 0 Å². The van der Waals surface area contributed by atoms with E-state index in [4.69, 9.17) is 8.83 Å². The number of hydrogen-bond acceptors (Lipinski definition) is 3. The first-order chi connectivity index (χ1) is 10.9. The summed E-state index contributed by atoms with van der Waals surface area (Å²) in [4.78, 5) is 14.1. The molecule has 0 spiro atoms. The van der Waals surface area contributed by atoms with Crippen molar-refractivity contribution in [2.24, 2.45) is 0 Å². The van der Waals surface area contributed by atoms with Gasteiger partial charge in [-0.05, 0) is 56.2 Å². The van der Waals surface area contributed by atoms with E-state index in [0.29, 0.717) is 13.0 Å². The Bertz CT molecular complexity index is 857. The maximum atomic E-state index is 12.5. The molecule has 23 heavy (non-hydrogen) atoms. The molecule has 4 heteroatoms. The summed E-state index contributed by atoms with van der Waals surface area (Å²) in [5.41, 5.74) is 4.15. The topological polar surface area (TPSA) is 46.6 Å². The first-order valence-electron chi connectivity index (χ1n) is 7.70. The summed E-state index contributed by atoms with van der Waals surface area (Å²) in [6.07, 6.45) is 2.01. The van der Waals surface area contributed by atoms with Crippen molar-refractivity contribution < 1.29 is 13.6 Å². The van der Waals surface area contributed by atoms with Gasteiger partial charge in [-0.25, -0.2) is 0 Å². The second-order valence-corrected chi connectivity index (χ2v) is 6.13. The molecule has 3 rings (SSSR count). The van der Waals surface area contributed by atoms with Crippen LogP contribution in [0.15, 0.2) is 39.4 Å². The lowest BCUT2D eigenvalue weighted by molar-refractivity contribution is -0.129. The van der Waals surface area contributed by atoms with E-state index in [2.05, 4.69) is 19.9 Å². The Morgan fingerprint density at radius 3 is 2.57 bits per heavy atom. The van der Waals surface area contributed by atoms with Gasteiger partial charge in [0.1, 0.15) is 17.1 Å². The predicted octanol–water partition coefficient (Wildman–Crippen LogP) is 4.15. The Hall–Kier alpha value is -2.49. The van der Waals surface area contributed by atoms with Gasteiger partial charge in [-0.1, -0.05) is 0 Å². The summed E-state index contributed by atoms with van der Waals surface area (Å²) in [7, 11) is 1.79. The highest BCUT2D eigenvalue weighted by Gasteiger charge is 2.16. The van der Waals surface area contributed by atoms with Crippen LogP contribution < -0.4 is 0 Å². The average molecular weight is 311 g/mol. The van der Waals surface area contributed by atoms with Crippen molar-refractivity contribution in [1.29, 1.82) is 0 Å². The van der Waals surface area contributed by atoms with Crippen molar-refractivity contribution >= 4 is 16.9 Å². The van der Waals surface area contributed by atoms with Crippen LogP contribution >= 0.6 is 0 Å². The zero-order valence-electron chi connectivity index (χ0n) is 14.0. The van der Waals surface area contributed by atoms with Crippen LogP contribution in [0.25, 0.3) is 11.0 Å². The number of nitrogens with zero attached hydrogens (tertiary/aromatic N) is 1. The lowest BCUT2D eigenvalue weighted by Crippen LogP contribution is -2.27. The largest absolute Gasteiger partial charge is 0.464 e. The Labute approximate surface area is 135 Å². The van der Waals surface area contributed by atoms with E-state index < -0.39 is 0 Å². The molecule has 4 nitrogen and oxygen atoms in total. The van der Waals surface area contributed by atoms with Gasteiger partial charge in [-0.2, -0.15) is 0 Å². The molecule has 3 aromatic rings. The molecule has 0 aliphatic heterocycles. The lowest BCUT2D eigenvalue weighted by atomic mass is 10.0. The molecular formula is C19H21NO3. The molecule has 0 N–H and O–H groups in total. The molecule has 0 saturated carbocycles. The molecular weight excluding hydrogens is 290 g/mol. The van der Waals surface area contributed by atoms with Gasteiger partial charge in [0.15, 0.2) is 0 Å². The molecule has 0 saturated heterocycles. The molecule has 120 valence electrons. The standard InChI is InChI=1S/C19H21NO3/c1-12-7-17-15(11-22-18(17)8-13(12)2)9-19(21)20(4)10-16-6-5-14(3)23-16/h5-8,11H,9-10H2,1-4H3. The Morgan fingerprint density at radius 1 is 1.13 bits per heavy atom. The highest BCUT2D eigenvalue weighted by Crippen LogP contribution is 2.25. The van der Waals surface area contributed by atoms with Crippen LogP contribution in [-0.4, -0.2) is 17.9 Å². The number of carbonyl (C=O) groups excluding carboxylic acids is 1. The lowest BCUT2D eigenvalue weighted by Gasteiger charge is -2.15. The summed E-state index contributed by atoms with van der Waals surface area (Å²) in [6.45, 7) is 6.49. The van der Waals surface area contributed by atoms with Crippen molar-refractivity contribution in [3.8, 4) is 0 Å². The third kappa shape index (κ3) is 3.16. The highest BCUT2D eigenvalue weighted by atomic mass is 16.3. The van der Waals surface area contributed by atoms with Gasteiger partial charge < -0.3 is 13.7 Å². The molecule has 0 aliphatic carbocycles. The molecule has 0 fully saturated rings. The first-order valence-corrected chi connectivity index (χ1v) is 7.70. The molecule has 2 heterocycles. The van der Waals surface area contributed by atoms with Gasteiger partial charge in [-0.3, -0.25) is 4.79 Å². The Balaban J connectivity index is 1.76. The second kappa shape index (κ2) is 5.95. The Morgan fingerprint density at radius 2 is 1.87 bits per heavy atom. The van der Waals surface area contributed by atoms with Crippen molar-refractivity contribution in [3.05, 3.63) is 58.7 Å². The minimum absolute atomic E-state index is 0.0416. The minimum atomic E-state index is 0.0416. The SMILES string of the molecule is Cc1ccc(CN(C)C(=O)Cc2coc3cc(C)c(C)cc23)o1. The fourth-order valence-electron chi connectivity index (χ4n) is 2.66. The van der Waals surface area contributed by atoms with Gasteiger partial charge in [0.05, 0.1) is 19.2 Å². The highest BCUT2D eigenvalue weighted by molar-refractivity contribution is 5.88. The number of amides is 1. The number of rotatable bonds is 4. The number of carbonyl (C=O) groups is 1. The van der Waals surface area contributed by atoms with E-state index >= 15 is 0 Å². The summed E-state index contributed by atoms with van der Waals surface area (Å²) >= 11 is 0. The second-order valence-electron chi connectivity index (χ2n) is 6.13. The zero-order chi connectivity index (χ0) is 16.6. The average Bonchev–Trinajstić information content (AvgIpc) is 3.07. The van der Waals surface area contributed by atoms with Gasteiger partial charge >= 0.3 is 0 Å². The third-order valence-corrected chi connectivity index (χ3v) is 4.23. The van der Waals surface area contributed by atoms with Crippen molar-refractivity contribution in [3.63, 3.8) is 0 Å². The Kier molecular flexibility index (Phi) is 3.99. The van der Waals surface area contributed by atoms with Crippen LogP contribution in [-0.2, 0) is 17.8 Å². The molecule has 0 aliphatic rings. The number of fused-ring (bicyclic) bond motifs is 1. The molecule has 2 aromatic heterocycles. The monoisotopic (exact) mass is 311 g/mol. The quantitative estimate of drug-likeness (QED) is 0.727.